The second-order valence-electron chi connectivity index (χ2n) is 9.54. The molecule has 35 heavy (non-hydrogen) atoms. The van der Waals surface area contributed by atoms with Crippen LogP contribution in [0.5, 0.6) is 0 Å². The molecule has 2 atom stereocenters. The van der Waals surface area contributed by atoms with Crippen LogP contribution < -0.4 is 15.3 Å². The number of carbonyl (C=O) groups excluding carboxylic acids is 3. The Balaban J connectivity index is 1.41. The molecule has 1 heterocycles. The van der Waals surface area contributed by atoms with Crippen molar-refractivity contribution < 1.29 is 19.5 Å². The third-order valence-corrected chi connectivity index (χ3v) is 6.98. The molecule has 2 aliphatic rings. The zero-order valence-electron chi connectivity index (χ0n) is 20.3. The molecule has 1 aliphatic heterocycles. The number of anilines is 2. The van der Waals surface area contributed by atoms with Crippen LogP contribution in [-0.4, -0.2) is 48.9 Å². The summed E-state index contributed by atoms with van der Waals surface area (Å²) in [7, 11) is 0. The fourth-order valence-corrected chi connectivity index (χ4v) is 4.78. The zero-order chi connectivity index (χ0) is 24.9. The van der Waals surface area contributed by atoms with Crippen molar-refractivity contribution in [2.24, 2.45) is 11.8 Å². The Labute approximate surface area is 206 Å². The van der Waals surface area contributed by atoms with Crippen LogP contribution in [0.3, 0.4) is 0 Å². The van der Waals surface area contributed by atoms with Crippen molar-refractivity contribution in [3.05, 3.63) is 71.8 Å². The number of para-hydroxylation sites is 1. The minimum atomic E-state index is -1.23. The summed E-state index contributed by atoms with van der Waals surface area (Å²) in [4.78, 5) is 41.9. The maximum Gasteiger partial charge on any atom is 0.256 e. The number of carboxylic acids is 1. The van der Waals surface area contributed by atoms with Crippen LogP contribution in [0.2, 0.25) is 0 Å². The van der Waals surface area contributed by atoms with Crippen LogP contribution in [0.25, 0.3) is 0 Å². The van der Waals surface area contributed by atoms with Gasteiger partial charge in [-0.1, -0.05) is 50.3 Å². The summed E-state index contributed by atoms with van der Waals surface area (Å²) >= 11 is 0. The topological polar surface area (TPSA) is 92.8 Å². The van der Waals surface area contributed by atoms with Crippen LogP contribution in [0.4, 0.5) is 11.4 Å². The first kappa shape index (κ1) is 24.5. The lowest BCUT2D eigenvalue weighted by Crippen LogP contribution is -2.49. The first-order chi connectivity index (χ1) is 16.8. The highest BCUT2D eigenvalue weighted by molar-refractivity contribution is 6.04. The Hall–Kier alpha value is -3.61. The van der Waals surface area contributed by atoms with Gasteiger partial charge in [-0.2, -0.15) is 0 Å². The average molecular weight is 475 g/mol. The van der Waals surface area contributed by atoms with E-state index in [1.54, 1.807) is 35.2 Å². The lowest BCUT2D eigenvalue weighted by molar-refractivity contribution is -0.313. The summed E-state index contributed by atoms with van der Waals surface area (Å²) in [6.45, 7) is 6.95. The quantitative estimate of drug-likeness (QED) is 0.650. The molecule has 0 saturated carbocycles. The summed E-state index contributed by atoms with van der Waals surface area (Å²) < 4.78 is 0. The van der Waals surface area contributed by atoms with Crippen LogP contribution in [0, 0.1) is 11.8 Å². The van der Waals surface area contributed by atoms with E-state index in [1.165, 1.54) is 5.56 Å². The number of nitrogens with one attached hydrogen (secondary N) is 1. The Morgan fingerprint density at radius 2 is 1.51 bits per heavy atom. The minimum absolute atomic E-state index is 0.143. The van der Waals surface area contributed by atoms with Crippen molar-refractivity contribution in [2.75, 3.05) is 36.4 Å². The molecular weight excluding hydrogens is 442 g/mol. The first-order valence-corrected chi connectivity index (χ1v) is 12.2. The van der Waals surface area contributed by atoms with Gasteiger partial charge in [-0.15, -0.1) is 0 Å². The molecule has 4 rings (SSSR count). The molecule has 1 N–H and O–H groups in total. The molecule has 2 unspecified atom stereocenters. The number of piperazine rings is 1. The van der Waals surface area contributed by atoms with E-state index in [1.807, 2.05) is 6.08 Å². The van der Waals surface area contributed by atoms with Gasteiger partial charge in [0.25, 0.3) is 5.91 Å². The minimum Gasteiger partial charge on any atom is -0.550 e. The molecule has 184 valence electrons. The third-order valence-electron chi connectivity index (χ3n) is 6.98. The number of hydrogen-bond acceptors (Lipinski definition) is 5. The molecule has 7 nitrogen and oxygen atoms in total. The molecule has 2 aromatic carbocycles. The number of rotatable bonds is 6. The fourth-order valence-electron chi connectivity index (χ4n) is 4.78. The first-order valence-electron chi connectivity index (χ1n) is 12.2. The normalized spacial score (nSPS) is 20.1. The smallest absolute Gasteiger partial charge is 0.256 e. The Bertz CT molecular complexity index is 1100. The second kappa shape index (κ2) is 10.8. The largest absolute Gasteiger partial charge is 0.550 e. The van der Waals surface area contributed by atoms with Crippen molar-refractivity contribution in [3.63, 3.8) is 0 Å². The predicted molar refractivity (Wildman–Crippen MR) is 134 cm³/mol. The van der Waals surface area contributed by atoms with E-state index < -0.39 is 23.7 Å². The van der Waals surface area contributed by atoms with Crippen molar-refractivity contribution in [3.8, 4) is 0 Å². The molecule has 1 saturated heterocycles. The van der Waals surface area contributed by atoms with E-state index in [2.05, 4.69) is 48.3 Å². The zero-order valence-corrected chi connectivity index (χ0v) is 20.3. The van der Waals surface area contributed by atoms with Crippen molar-refractivity contribution in [1.82, 2.24) is 4.90 Å². The van der Waals surface area contributed by atoms with Gasteiger partial charge in [-0.25, -0.2) is 0 Å². The van der Waals surface area contributed by atoms with Crippen LogP contribution in [0.15, 0.2) is 60.7 Å². The SMILES string of the molecule is CC(C)c1ccc(N2CCN(C(=O)c3ccccc3NC(=O)C3CC=CCC3C(=O)[O-])CC2)cc1. The lowest BCUT2D eigenvalue weighted by Gasteiger charge is -2.36. The van der Waals surface area contributed by atoms with E-state index in [9.17, 15) is 19.5 Å². The molecule has 2 aromatic rings. The van der Waals surface area contributed by atoms with E-state index in [-0.39, 0.29) is 12.3 Å². The highest BCUT2D eigenvalue weighted by Gasteiger charge is 2.31. The van der Waals surface area contributed by atoms with Gasteiger partial charge >= 0.3 is 0 Å². The van der Waals surface area contributed by atoms with Crippen LogP contribution in [0.1, 0.15) is 48.5 Å². The maximum atomic E-state index is 13.4. The number of allylic oxidation sites excluding steroid dienone is 2. The van der Waals surface area contributed by atoms with Crippen LogP contribution in [-0.2, 0) is 9.59 Å². The number of amides is 2. The standard InChI is InChI=1S/C28H33N3O4/c1-19(2)20-11-13-21(14-12-20)30-15-17-31(18-16-30)27(33)24-9-5-6-10-25(24)29-26(32)22-7-3-4-8-23(22)28(34)35/h3-6,9-14,19,22-23H,7-8,15-18H2,1-2H3,(H,29,32)(H,34,35)/p-1. The highest BCUT2D eigenvalue weighted by Crippen LogP contribution is 2.28. The lowest BCUT2D eigenvalue weighted by atomic mass is 9.82. The number of carboxylic acid groups (broad SMARTS) is 1. The summed E-state index contributed by atoms with van der Waals surface area (Å²) in [5.41, 5.74) is 3.27. The Kier molecular flexibility index (Phi) is 7.54. The maximum absolute atomic E-state index is 13.4. The van der Waals surface area contributed by atoms with Crippen molar-refractivity contribution in [2.45, 2.75) is 32.6 Å². The van der Waals surface area contributed by atoms with Crippen LogP contribution >= 0.6 is 0 Å². The molecule has 0 aromatic heterocycles. The Morgan fingerprint density at radius 1 is 0.886 bits per heavy atom. The predicted octanol–water partition coefficient (Wildman–Crippen LogP) is 3.04. The molecule has 7 heteroatoms. The molecule has 1 aliphatic carbocycles. The van der Waals surface area contributed by atoms with Crippen molar-refractivity contribution >= 4 is 29.2 Å². The number of aliphatic carboxylic acids is 1. The number of nitrogens with zero attached hydrogens (tertiary/aromatic N) is 2. The summed E-state index contributed by atoms with van der Waals surface area (Å²) in [6, 6.07) is 15.5. The van der Waals surface area contributed by atoms with Gasteiger partial charge in [0, 0.05) is 43.8 Å². The van der Waals surface area contributed by atoms with Gasteiger partial charge < -0.3 is 25.0 Å². The third kappa shape index (κ3) is 5.56. The van der Waals surface area contributed by atoms with E-state index in [4.69, 9.17) is 0 Å². The fraction of sp³-hybridized carbons (Fsp3) is 0.393. The molecule has 0 radical (unpaired) electrons. The van der Waals surface area contributed by atoms with Gasteiger partial charge in [-0.3, -0.25) is 9.59 Å². The number of benzene rings is 2. The highest BCUT2D eigenvalue weighted by atomic mass is 16.4. The number of carbonyl (C=O) groups is 3. The summed E-state index contributed by atoms with van der Waals surface area (Å²) in [6.07, 6.45) is 4.18. The molecule has 1 fully saturated rings. The van der Waals surface area contributed by atoms with E-state index in [0.29, 0.717) is 36.7 Å². The number of hydrogen-bond donors (Lipinski definition) is 1. The monoisotopic (exact) mass is 474 g/mol. The van der Waals surface area contributed by atoms with Gasteiger partial charge in [0.2, 0.25) is 5.91 Å². The summed E-state index contributed by atoms with van der Waals surface area (Å²) in [5, 5.41) is 14.3. The molecule has 0 spiro atoms. The summed E-state index contributed by atoms with van der Waals surface area (Å²) in [5.74, 6) is -2.88. The van der Waals surface area contributed by atoms with Gasteiger partial charge in [0.15, 0.2) is 0 Å². The molecule has 2 amide bonds. The van der Waals surface area contributed by atoms with Gasteiger partial charge in [-0.05, 0) is 48.6 Å². The Morgan fingerprint density at radius 3 is 2.14 bits per heavy atom. The van der Waals surface area contributed by atoms with Gasteiger partial charge in [0.1, 0.15) is 0 Å². The molecule has 0 bridgehead atoms. The molecular formula is C28H32N3O4-. The van der Waals surface area contributed by atoms with E-state index in [0.717, 1.165) is 18.8 Å². The average Bonchev–Trinajstić information content (AvgIpc) is 2.88. The second-order valence-corrected chi connectivity index (χ2v) is 9.54. The van der Waals surface area contributed by atoms with Gasteiger partial charge in [0.05, 0.1) is 17.2 Å². The van der Waals surface area contributed by atoms with Crippen molar-refractivity contribution in [1.29, 1.82) is 0 Å². The van der Waals surface area contributed by atoms with E-state index >= 15 is 0 Å².